The average Bonchev–Trinajstić information content (AvgIpc) is 2.85. The van der Waals surface area contributed by atoms with Crippen LogP contribution in [0.25, 0.3) is 11.0 Å². The summed E-state index contributed by atoms with van der Waals surface area (Å²) in [5.41, 5.74) is 0.773. The van der Waals surface area contributed by atoms with Crippen LogP contribution in [0.2, 0.25) is 0 Å². The fourth-order valence-electron chi connectivity index (χ4n) is 1.97. The molecule has 6 nitrogen and oxygen atoms in total. The number of carbonyl (C=O) groups is 1. The van der Waals surface area contributed by atoms with Gasteiger partial charge >= 0.3 is 6.03 Å². The van der Waals surface area contributed by atoms with E-state index in [1.165, 1.54) is 4.90 Å². The third-order valence-corrected chi connectivity index (χ3v) is 6.04. The highest BCUT2D eigenvalue weighted by atomic mass is 32.2. The Morgan fingerprint density at radius 2 is 1.96 bits per heavy atom. The van der Waals surface area contributed by atoms with Crippen LogP contribution in [-0.2, 0) is 16.4 Å². The summed E-state index contributed by atoms with van der Waals surface area (Å²) in [6.45, 7) is 3.53. The van der Waals surface area contributed by atoms with Crippen LogP contribution in [0.1, 0.15) is 19.6 Å². The minimum Gasteiger partial charge on any atom is -0.459 e. The fourth-order valence-corrected chi connectivity index (χ4v) is 2.31. The van der Waals surface area contributed by atoms with Gasteiger partial charge in [0.2, 0.25) is 0 Å². The van der Waals surface area contributed by atoms with E-state index in [2.05, 4.69) is 5.32 Å². The van der Waals surface area contributed by atoms with E-state index in [1.807, 2.05) is 30.3 Å². The molecular weight excluding hydrogens is 316 g/mol. The molecule has 7 heteroatoms. The normalized spacial score (nSPS) is 12.3. The Labute approximate surface area is 136 Å². The van der Waals surface area contributed by atoms with Crippen molar-refractivity contribution in [1.82, 2.24) is 10.2 Å². The quantitative estimate of drug-likeness (QED) is 0.908. The van der Waals surface area contributed by atoms with Crippen LogP contribution in [0.4, 0.5) is 4.79 Å². The molecule has 2 aromatic rings. The monoisotopic (exact) mass is 338 g/mol. The molecule has 1 aromatic heterocycles. The Kier molecular flexibility index (Phi) is 4.70. The van der Waals surface area contributed by atoms with Gasteiger partial charge in [-0.15, -0.1) is 0 Å². The summed E-state index contributed by atoms with van der Waals surface area (Å²) >= 11 is 0. The zero-order chi connectivity index (χ0) is 17.3. The summed E-state index contributed by atoms with van der Waals surface area (Å²) < 4.78 is 28.0. The lowest BCUT2D eigenvalue weighted by atomic mass is 10.2. The van der Waals surface area contributed by atoms with E-state index in [0.717, 1.165) is 17.2 Å². The molecular formula is C16H22N2O4S. The lowest BCUT2D eigenvalue weighted by molar-refractivity contribution is 0.202. The van der Waals surface area contributed by atoms with Gasteiger partial charge in [-0.2, -0.15) is 0 Å². The van der Waals surface area contributed by atoms with Crippen molar-refractivity contribution in [2.24, 2.45) is 0 Å². The van der Waals surface area contributed by atoms with Crippen molar-refractivity contribution < 1.29 is 17.6 Å². The number of carbonyl (C=O) groups excluding carboxylic acids is 1. The number of nitrogens with zero attached hydrogens (tertiary/aromatic N) is 1. The molecule has 0 aliphatic heterocycles. The summed E-state index contributed by atoms with van der Waals surface area (Å²) in [6, 6.07) is 9.16. The maximum atomic E-state index is 12.1. The van der Waals surface area contributed by atoms with Crippen molar-refractivity contribution in [2.75, 3.05) is 19.8 Å². The molecule has 0 aliphatic rings. The van der Waals surface area contributed by atoms with Gasteiger partial charge in [0.05, 0.1) is 11.3 Å². The second-order valence-electron chi connectivity index (χ2n) is 6.30. The number of fused-ring (bicyclic) bond motifs is 1. The second-order valence-corrected chi connectivity index (χ2v) is 8.95. The van der Waals surface area contributed by atoms with Gasteiger partial charge in [0.1, 0.15) is 11.3 Å². The Morgan fingerprint density at radius 1 is 1.30 bits per heavy atom. The van der Waals surface area contributed by atoms with E-state index in [1.54, 1.807) is 20.9 Å². The predicted molar refractivity (Wildman–Crippen MR) is 90.0 cm³/mol. The number of benzene rings is 1. The van der Waals surface area contributed by atoms with Crippen LogP contribution in [0.5, 0.6) is 0 Å². The molecule has 0 fully saturated rings. The molecule has 1 N–H and O–H groups in total. The number of para-hydroxylation sites is 1. The molecule has 2 rings (SSSR count). The van der Waals surface area contributed by atoms with Crippen LogP contribution in [-0.4, -0.2) is 43.9 Å². The number of furan rings is 1. The summed E-state index contributed by atoms with van der Waals surface area (Å²) in [7, 11) is -1.62. The molecule has 0 radical (unpaired) electrons. The number of sulfone groups is 1. The lowest BCUT2D eigenvalue weighted by Crippen LogP contribution is -2.47. The molecule has 23 heavy (non-hydrogen) atoms. The Morgan fingerprint density at radius 3 is 2.57 bits per heavy atom. The first kappa shape index (κ1) is 17.3. The Hall–Kier alpha value is -2.02. The van der Waals surface area contributed by atoms with Gasteiger partial charge < -0.3 is 14.6 Å². The number of amides is 2. The van der Waals surface area contributed by atoms with E-state index < -0.39 is 14.6 Å². The summed E-state index contributed by atoms with van der Waals surface area (Å²) in [5.74, 6) is 0.672. The molecule has 1 heterocycles. The van der Waals surface area contributed by atoms with Gasteiger partial charge in [-0.05, 0) is 26.0 Å². The van der Waals surface area contributed by atoms with Crippen LogP contribution in [0.3, 0.4) is 0 Å². The molecule has 0 spiro atoms. The third-order valence-electron chi connectivity index (χ3n) is 3.89. The van der Waals surface area contributed by atoms with Gasteiger partial charge in [-0.25, -0.2) is 13.2 Å². The maximum absolute atomic E-state index is 12.1. The van der Waals surface area contributed by atoms with Crippen molar-refractivity contribution in [1.29, 1.82) is 0 Å². The zero-order valence-electron chi connectivity index (χ0n) is 13.8. The number of hydrogen-bond acceptors (Lipinski definition) is 4. The zero-order valence-corrected chi connectivity index (χ0v) is 14.6. The molecule has 0 aliphatic carbocycles. The van der Waals surface area contributed by atoms with Crippen molar-refractivity contribution >= 4 is 26.8 Å². The highest BCUT2D eigenvalue weighted by Gasteiger charge is 2.30. The van der Waals surface area contributed by atoms with Crippen LogP contribution in [0, 0.1) is 0 Å². The largest absolute Gasteiger partial charge is 0.459 e. The van der Waals surface area contributed by atoms with Gasteiger partial charge in [-0.1, -0.05) is 18.2 Å². The lowest BCUT2D eigenvalue weighted by Gasteiger charge is -2.24. The predicted octanol–water partition coefficient (Wildman–Crippen LogP) is 2.40. The van der Waals surface area contributed by atoms with E-state index >= 15 is 0 Å². The van der Waals surface area contributed by atoms with Gasteiger partial charge in [0.25, 0.3) is 0 Å². The van der Waals surface area contributed by atoms with Crippen molar-refractivity contribution in [2.45, 2.75) is 25.1 Å². The van der Waals surface area contributed by atoms with Crippen molar-refractivity contribution in [3.8, 4) is 0 Å². The second kappa shape index (κ2) is 6.23. The molecule has 2 amide bonds. The molecule has 0 atom stereocenters. The Balaban J connectivity index is 1.97. The first-order valence-electron chi connectivity index (χ1n) is 7.26. The highest BCUT2D eigenvalue weighted by molar-refractivity contribution is 7.92. The van der Waals surface area contributed by atoms with Crippen LogP contribution < -0.4 is 5.32 Å². The van der Waals surface area contributed by atoms with E-state index in [0.29, 0.717) is 12.3 Å². The smallest absolute Gasteiger partial charge is 0.317 e. The molecule has 0 saturated heterocycles. The molecule has 0 saturated carbocycles. The van der Waals surface area contributed by atoms with Crippen LogP contribution in [0.15, 0.2) is 34.7 Å². The van der Waals surface area contributed by atoms with E-state index in [4.69, 9.17) is 4.42 Å². The topological polar surface area (TPSA) is 79.6 Å². The van der Waals surface area contributed by atoms with Gasteiger partial charge in [-0.3, -0.25) is 0 Å². The fraction of sp³-hybridized carbons (Fsp3) is 0.438. The minimum atomic E-state index is -3.25. The van der Waals surface area contributed by atoms with Crippen molar-refractivity contribution in [3.05, 3.63) is 36.1 Å². The highest BCUT2D eigenvalue weighted by Crippen LogP contribution is 2.19. The number of hydrogen-bond donors (Lipinski definition) is 1. The molecule has 126 valence electrons. The minimum absolute atomic E-state index is 0.0507. The maximum Gasteiger partial charge on any atom is 0.317 e. The number of urea groups is 1. The van der Waals surface area contributed by atoms with Gasteiger partial charge in [0, 0.05) is 25.2 Å². The Bertz CT molecular complexity index is 775. The van der Waals surface area contributed by atoms with E-state index in [-0.39, 0.29) is 12.6 Å². The number of nitrogens with one attached hydrogen (secondary N) is 1. The standard InChI is InChI=1S/C16H22N2O4S/c1-16(2,23(4,20)21)11-17-15(19)18(3)10-13-9-12-7-5-6-8-14(12)22-13/h5-9H,10-11H2,1-4H3,(H,17,19). The first-order chi connectivity index (χ1) is 10.6. The van der Waals surface area contributed by atoms with Crippen LogP contribution >= 0.6 is 0 Å². The average molecular weight is 338 g/mol. The number of rotatable bonds is 5. The molecule has 0 bridgehead atoms. The summed E-state index contributed by atoms with van der Waals surface area (Å²) in [4.78, 5) is 13.6. The van der Waals surface area contributed by atoms with Crippen molar-refractivity contribution in [3.63, 3.8) is 0 Å². The summed E-state index contributed by atoms with van der Waals surface area (Å²) in [6.07, 6.45) is 1.16. The van der Waals surface area contributed by atoms with E-state index in [9.17, 15) is 13.2 Å². The SMILES string of the molecule is CN(Cc1cc2ccccc2o1)C(=O)NCC(C)(C)S(C)(=O)=O. The molecule has 1 aromatic carbocycles. The first-order valence-corrected chi connectivity index (χ1v) is 9.15. The summed E-state index contributed by atoms with van der Waals surface area (Å²) in [5, 5.41) is 3.63. The third kappa shape index (κ3) is 4.04. The molecule has 0 unspecified atom stereocenters. The van der Waals surface area contributed by atoms with Gasteiger partial charge in [0.15, 0.2) is 9.84 Å².